The van der Waals surface area contributed by atoms with Gasteiger partial charge in [0.2, 0.25) is 0 Å². The Morgan fingerprint density at radius 3 is 2.56 bits per heavy atom. The molecule has 0 saturated heterocycles. The predicted molar refractivity (Wildman–Crippen MR) is 89.7 cm³/mol. The lowest BCUT2D eigenvalue weighted by molar-refractivity contribution is 0.293. The van der Waals surface area contributed by atoms with Crippen molar-refractivity contribution < 1.29 is 0 Å². The van der Waals surface area contributed by atoms with Gasteiger partial charge in [-0.1, -0.05) is 20.3 Å². The van der Waals surface area contributed by atoms with E-state index in [2.05, 4.69) is 29.1 Å². The van der Waals surface area contributed by atoms with E-state index in [9.17, 15) is 0 Å². The van der Waals surface area contributed by atoms with Gasteiger partial charge in [-0.15, -0.1) is 24.0 Å². The molecule has 0 spiro atoms. The van der Waals surface area contributed by atoms with Crippen LogP contribution in [0.25, 0.3) is 0 Å². The first-order valence-electron chi connectivity index (χ1n) is 7.02. The number of likely N-dealkylation sites (N-methyl/N-ethyl adjacent to an activating group) is 1. The molecular formula is C13H29IN4. The summed E-state index contributed by atoms with van der Waals surface area (Å²) in [6.07, 6.45) is 5.24. The maximum absolute atomic E-state index is 5.82. The van der Waals surface area contributed by atoms with Crippen molar-refractivity contribution in [3.05, 3.63) is 0 Å². The highest BCUT2D eigenvalue weighted by Crippen LogP contribution is 2.26. The minimum Gasteiger partial charge on any atom is -0.370 e. The quantitative estimate of drug-likeness (QED) is 0.392. The predicted octanol–water partition coefficient (Wildman–Crippen LogP) is 2.04. The van der Waals surface area contributed by atoms with Crippen molar-refractivity contribution in [3.63, 3.8) is 0 Å². The van der Waals surface area contributed by atoms with Gasteiger partial charge in [-0.3, -0.25) is 4.99 Å². The molecule has 0 atom stereocenters. The minimum atomic E-state index is 0. The van der Waals surface area contributed by atoms with Gasteiger partial charge in [-0.05, 0) is 38.3 Å². The van der Waals surface area contributed by atoms with Crippen LogP contribution >= 0.6 is 24.0 Å². The Bertz CT molecular complexity index is 229. The number of hydrogen-bond acceptors (Lipinski definition) is 2. The summed E-state index contributed by atoms with van der Waals surface area (Å²) in [7, 11) is 0. The molecule has 0 aliphatic heterocycles. The van der Waals surface area contributed by atoms with E-state index in [1.165, 1.54) is 25.7 Å². The van der Waals surface area contributed by atoms with Gasteiger partial charge in [-0.25, -0.2) is 0 Å². The normalized spacial score (nSPS) is 16.3. The number of nitrogens with two attached hydrogens (primary N) is 1. The highest BCUT2D eigenvalue weighted by atomic mass is 127. The van der Waals surface area contributed by atoms with E-state index < -0.39 is 0 Å². The molecule has 5 heteroatoms. The Kier molecular flexibility index (Phi) is 10.8. The third-order valence-electron chi connectivity index (χ3n) is 3.47. The fraction of sp³-hybridized carbons (Fsp3) is 0.923. The minimum absolute atomic E-state index is 0. The fourth-order valence-corrected chi connectivity index (χ4v) is 2.05. The van der Waals surface area contributed by atoms with Crippen LogP contribution in [-0.4, -0.2) is 43.6 Å². The van der Waals surface area contributed by atoms with E-state index in [1.54, 1.807) is 0 Å². The topological polar surface area (TPSA) is 53.6 Å². The van der Waals surface area contributed by atoms with Crippen LogP contribution in [0.5, 0.6) is 0 Å². The van der Waals surface area contributed by atoms with Crippen molar-refractivity contribution in [3.8, 4) is 0 Å². The second-order valence-electron chi connectivity index (χ2n) is 4.88. The molecule has 1 fully saturated rings. The van der Waals surface area contributed by atoms with Gasteiger partial charge in [0.1, 0.15) is 0 Å². The van der Waals surface area contributed by atoms with Gasteiger partial charge in [0, 0.05) is 19.6 Å². The Morgan fingerprint density at radius 1 is 1.33 bits per heavy atom. The number of guanidine groups is 1. The van der Waals surface area contributed by atoms with E-state index in [1.807, 2.05) is 0 Å². The van der Waals surface area contributed by atoms with Gasteiger partial charge in [0.25, 0.3) is 0 Å². The largest absolute Gasteiger partial charge is 0.370 e. The second-order valence-corrected chi connectivity index (χ2v) is 4.88. The molecule has 0 heterocycles. The Balaban J connectivity index is 0.00000289. The molecule has 0 aromatic carbocycles. The van der Waals surface area contributed by atoms with Crippen molar-refractivity contribution in [2.45, 2.75) is 39.5 Å². The second kappa shape index (κ2) is 10.8. The third kappa shape index (κ3) is 7.41. The number of hydrogen-bond donors (Lipinski definition) is 2. The third-order valence-corrected chi connectivity index (χ3v) is 3.47. The molecule has 1 saturated carbocycles. The Morgan fingerprint density at radius 2 is 2.06 bits per heavy atom. The first-order chi connectivity index (χ1) is 8.26. The molecule has 3 N–H and O–H groups in total. The van der Waals surface area contributed by atoms with E-state index in [-0.39, 0.29) is 24.0 Å². The summed E-state index contributed by atoms with van der Waals surface area (Å²) in [5.74, 6) is 1.41. The van der Waals surface area contributed by atoms with E-state index in [0.29, 0.717) is 5.96 Å². The lowest BCUT2D eigenvalue weighted by Gasteiger charge is -2.23. The standard InChI is InChI=1S/C13H28N4.HI/c1-3-9-17(4-2)10-8-15-13(14)16-11-12-6-5-7-12;/h12H,3-11H2,1-2H3,(H3,14,15,16);1H. The Labute approximate surface area is 129 Å². The van der Waals surface area contributed by atoms with E-state index in [4.69, 9.17) is 5.73 Å². The number of nitrogens with one attached hydrogen (secondary N) is 1. The first kappa shape index (κ1) is 18.0. The van der Waals surface area contributed by atoms with Gasteiger partial charge >= 0.3 is 0 Å². The molecule has 18 heavy (non-hydrogen) atoms. The number of nitrogens with zero attached hydrogens (tertiary/aromatic N) is 2. The smallest absolute Gasteiger partial charge is 0.188 e. The van der Waals surface area contributed by atoms with Crippen molar-refractivity contribution in [2.24, 2.45) is 16.6 Å². The summed E-state index contributed by atoms with van der Waals surface area (Å²) in [6, 6.07) is 0. The number of aliphatic imine (C=N–C) groups is 1. The first-order valence-corrected chi connectivity index (χ1v) is 7.02. The molecule has 1 aliphatic carbocycles. The SMILES string of the molecule is CCCN(CC)CCNC(N)=NCC1CCC1.I. The van der Waals surface area contributed by atoms with E-state index in [0.717, 1.165) is 38.6 Å². The van der Waals surface area contributed by atoms with Crippen molar-refractivity contribution >= 4 is 29.9 Å². The van der Waals surface area contributed by atoms with Gasteiger partial charge in [0.05, 0.1) is 0 Å². The van der Waals surface area contributed by atoms with Crippen LogP contribution in [-0.2, 0) is 0 Å². The molecular weight excluding hydrogens is 339 g/mol. The number of halogens is 1. The highest BCUT2D eigenvalue weighted by molar-refractivity contribution is 14.0. The molecule has 108 valence electrons. The molecule has 4 nitrogen and oxygen atoms in total. The zero-order valence-electron chi connectivity index (χ0n) is 11.8. The van der Waals surface area contributed by atoms with E-state index >= 15 is 0 Å². The summed E-state index contributed by atoms with van der Waals surface area (Å²) in [5.41, 5.74) is 5.82. The van der Waals surface area contributed by atoms with Crippen molar-refractivity contribution in [1.29, 1.82) is 0 Å². The molecule has 0 aromatic heterocycles. The molecule has 0 amide bonds. The van der Waals surface area contributed by atoms with Crippen LogP contribution in [0.2, 0.25) is 0 Å². The average molecular weight is 368 g/mol. The molecule has 1 rings (SSSR count). The van der Waals surface area contributed by atoms with Crippen LogP contribution in [0.4, 0.5) is 0 Å². The van der Waals surface area contributed by atoms with Crippen molar-refractivity contribution in [1.82, 2.24) is 10.2 Å². The molecule has 0 radical (unpaired) electrons. The molecule has 0 unspecified atom stereocenters. The highest BCUT2D eigenvalue weighted by Gasteiger charge is 2.16. The summed E-state index contributed by atoms with van der Waals surface area (Å²) in [4.78, 5) is 6.80. The molecule has 0 aromatic rings. The molecule has 0 bridgehead atoms. The van der Waals surface area contributed by atoms with Crippen LogP contribution < -0.4 is 11.1 Å². The maximum Gasteiger partial charge on any atom is 0.188 e. The average Bonchev–Trinajstić information content (AvgIpc) is 2.26. The van der Waals surface area contributed by atoms with Gasteiger partial charge < -0.3 is 16.0 Å². The summed E-state index contributed by atoms with van der Waals surface area (Å²) < 4.78 is 0. The summed E-state index contributed by atoms with van der Waals surface area (Å²) in [6.45, 7) is 9.53. The zero-order valence-corrected chi connectivity index (χ0v) is 14.2. The van der Waals surface area contributed by atoms with Crippen LogP contribution in [0, 0.1) is 5.92 Å². The monoisotopic (exact) mass is 368 g/mol. The molecule has 1 aliphatic rings. The Hall–Kier alpha value is -0.0400. The fourth-order valence-electron chi connectivity index (χ4n) is 2.05. The van der Waals surface area contributed by atoms with Crippen LogP contribution in [0.3, 0.4) is 0 Å². The lowest BCUT2D eigenvalue weighted by Crippen LogP contribution is -2.39. The maximum atomic E-state index is 5.82. The lowest BCUT2D eigenvalue weighted by atomic mass is 9.86. The summed E-state index contributed by atoms with van der Waals surface area (Å²) in [5, 5.41) is 3.20. The van der Waals surface area contributed by atoms with Crippen LogP contribution in [0.15, 0.2) is 4.99 Å². The van der Waals surface area contributed by atoms with Gasteiger partial charge in [0.15, 0.2) is 5.96 Å². The van der Waals surface area contributed by atoms with Crippen LogP contribution in [0.1, 0.15) is 39.5 Å². The summed E-state index contributed by atoms with van der Waals surface area (Å²) >= 11 is 0. The number of rotatable bonds is 8. The van der Waals surface area contributed by atoms with Crippen molar-refractivity contribution in [2.75, 3.05) is 32.7 Å². The van der Waals surface area contributed by atoms with Gasteiger partial charge in [-0.2, -0.15) is 0 Å². The zero-order chi connectivity index (χ0) is 12.5.